The van der Waals surface area contributed by atoms with Gasteiger partial charge in [-0.15, -0.1) is 0 Å². The molecule has 0 amide bonds. The molecule has 0 aromatic heterocycles. The summed E-state index contributed by atoms with van der Waals surface area (Å²) in [5.74, 6) is 0. The Balaban J connectivity index is 2.17. The molecule has 1 aliphatic heterocycles. The zero-order valence-corrected chi connectivity index (χ0v) is 9.22. The Hall–Kier alpha value is -0.170. The predicted molar refractivity (Wildman–Crippen MR) is 59.4 cm³/mol. The molecule has 0 radical (unpaired) electrons. The van der Waals surface area contributed by atoms with E-state index in [1.165, 1.54) is 0 Å². The van der Waals surface area contributed by atoms with E-state index in [0.29, 0.717) is 12.7 Å². The lowest BCUT2D eigenvalue weighted by molar-refractivity contribution is 0.0358. The second-order valence-electron chi connectivity index (χ2n) is 3.56. The maximum atomic E-state index is 5.69. The Bertz CT molecular complexity index is 185. The fraction of sp³-hybridized carbons (Fsp3) is 0.700. The van der Waals surface area contributed by atoms with Crippen molar-refractivity contribution >= 4 is 14.7 Å². The first-order chi connectivity index (χ1) is 6.22. The first-order valence-electron chi connectivity index (χ1n) is 4.70. The highest BCUT2D eigenvalue weighted by Gasteiger charge is 2.17. The van der Waals surface area contributed by atoms with Crippen LogP contribution in [0.3, 0.4) is 0 Å². The third-order valence-electron chi connectivity index (χ3n) is 2.18. The Morgan fingerprint density at radius 2 is 2.15 bits per heavy atom. The summed E-state index contributed by atoms with van der Waals surface area (Å²) in [5.41, 5.74) is 1.11. The molecule has 0 saturated carbocycles. The normalized spacial score (nSPS) is 20.7. The molecule has 0 spiro atoms. The molecular weight excluding hydrogens is 181 g/mol. The second-order valence-corrected chi connectivity index (χ2v) is 4.41. The third-order valence-corrected chi connectivity index (χ3v) is 2.98. The van der Waals surface area contributed by atoms with Crippen molar-refractivity contribution in [2.45, 2.75) is 25.9 Å². The summed E-state index contributed by atoms with van der Waals surface area (Å²) < 4.78 is 8.02. The molecule has 1 rings (SSSR count). The van der Waals surface area contributed by atoms with Gasteiger partial charge in [0, 0.05) is 13.1 Å². The van der Waals surface area contributed by atoms with E-state index in [0.717, 1.165) is 39.9 Å². The lowest BCUT2D eigenvalue weighted by Gasteiger charge is -2.28. The first kappa shape index (κ1) is 10.9. The highest BCUT2D eigenvalue weighted by Crippen LogP contribution is 2.18. The monoisotopic (exact) mass is 199 g/mol. The van der Waals surface area contributed by atoms with Gasteiger partial charge in [0.2, 0.25) is 0 Å². The summed E-state index contributed by atoms with van der Waals surface area (Å²) in [6, 6.07) is 0. The highest BCUT2D eigenvalue weighted by molar-refractivity contribution is 7.33. The lowest BCUT2D eigenvalue weighted by atomic mass is 10.1. The molecule has 0 aromatic rings. The number of nitrogens with zero attached hydrogens (tertiary/aromatic N) is 1. The Labute approximate surface area is 82.4 Å². The molecule has 0 N–H and O–H groups in total. The van der Waals surface area contributed by atoms with Gasteiger partial charge in [-0.25, -0.2) is 0 Å². The summed E-state index contributed by atoms with van der Waals surface area (Å²) in [6.45, 7) is 8.78. The minimum atomic E-state index is 0.440. The summed E-state index contributed by atoms with van der Waals surface area (Å²) >= 11 is 0. The highest BCUT2D eigenvalue weighted by atomic mass is 31.1. The van der Waals surface area contributed by atoms with Gasteiger partial charge < -0.3 is 4.74 Å². The number of piperidine rings is 1. The zero-order valence-electron chi connectivity index (χ0n) is 8.33. The van der Waals surface area contributed by atoms with Gasteiger partial charge in [-0.3, -0.25) is 4.67 Å². The standard InChI is InChI=1S/C10H18NOP/c1-9(2)8-12-10-4-6-11(13-3)7-5-10/h10H,1,3-8H2,2H3. The first-order valence-corrected chi connectivity index (χ1v) is 5.73. The Kier molecular flexibility index (Phi) is 4.65. The molecule has 0 aromatic carbocycles. The lowest BCUT2D eigenvalue weighted by Crippen LogP contribution is -2.31. The van der Waals surface area contributed by atoms with Gasteiger partial charge in [-0.2, -0.15) is 0 Å². The number of hydrogen-bond donors (Lipinski definition) is 0. The van der Waals surface area contributed by atoms with Crippen LogP contribution in [0.5, 0.6) is 0 Å². The van der Waals surface area contributed by atoms with Crippen molar-refractivity contribution in [1.29, 1.82) is 0 Å². The van der Waals surface area contributed by atoms with E-state index in [4.69, 9.17) is 4.74 Å². The van der Waals surface area contributed by atoms with Crippen LogP contribution in [0.1, 0.15) is 19.8 Å². The van der Waals surface area contributed by atoms with Crippen LogP contribution in [0, 0.1) is 0 Å². The van der Waals surface area contributed by atoms with Gasteiger partial charge in [-0.05, 0) is 28.1 Å². The van der Waals surface area contributed by atoms with Gasteiger partial charge in [-0.1, -0.05) is 18.5 Å². The number of ether oxygens (including phenoxy) is 1. The van der Waals surface area contributed by atoms with Crippen molar-refractivity contribution < 1.29 is 4.74 Å². The van der Waals surface area contributed by atoms with Crippen LogP contribution >= 0.6 is 8.35 Å². The number of rotatable bonds is 4. The number of hydrogen-bond acceptors (Lipinski definition) is 2. The van der Waals surface area contributed by atoms with Crippen LogP contribution in [-0.2, 0) is 4.74 Å². The Morgan fingerprint density at radius 3 is 2.62 bits per heavy atom. The Morgan fingerprint density at radius 1 is 1.54 bits per heavy atom. The van der Waals surface area contributed by atoms with Gasteiger partial charge in [0.05, 0.1) is 12.7 Å². The van der Waals surface area contributed by atoms with Crippen LogP contribution < -0.4 is 0 Å². The van der Waals surface area contributed by atoms with Crippen LogP contribution in [0.15, 0.2) is 12.2 Å². The predicted octanol–water partition coefficient (Wildman–Crippen LogP) is 2.34. The molecule has 0 unspecified atom stereocenters. The maximum Gasteiger partial charge on any atom is 0.0675 e. The second kappa shape index (κ2) is 5.54. The minimum Gasteiger partial charge on any atom is -0.374 e. The molecule has 0 atom stereocenters. The van der Waals surface area contributed by atoms with Crippen LogP contribution in [0.4, 0.5) is 0 Å². The molecule has 1 fully saturated rings. The average Bonchev–Trinajstić information content (AvgIpc) is 2.15. The molecule has 0 bridgehead atoms. The van der Waals surface area contributed by atoms with E-state index in [2.05, 4.69) is 17.5 Å². The van der Waals surface area contributed by atoms with E-state index in [1.54, 1.807) is 0 Å². The summed E-state index contributed by atoms with van der Waals surface area (Å²) in [5, 5.41) is 0. The van der Waals surface area contributed by atoms with Gasteiger partial charge >= 0.3 is 0 Å². The summed E-state index contributed by atoms with van der Waals surface area (Å²) in [4.78, 5) is 0. The van der Waals surface area contributed by atoms with E-state index in [1.807, 2.05) is 6.92 Å². The van der Waals surface area contributed by atoms with Gasteiger partial charge in [0.15, 0.2) is 0 Å². The molecule has 2 nitrogen and oxygen atoms in total. The topological polar surface area (TPSA) is 12.5 Å². The SMILES string of the molecule is C=PN1CCC(OCC(=C)C)CC1. The molecule has 1 aliphatic rings. The van der Waals surface area contributed by atoms with E-state index >= 15 is 0 Å². The summed E-state index contributed by atoms with van der Waals surface area (Å²) in [7, 11) is 1.14. The van der Waals surface area contributed by atoms with Crippen molar-refractivity contribution in [3.63, 3.8) is 0 Å². The molecule has 0 aliphatic carbocycles. The van der Waals surface area contributed by atoms with Gasteiger partial charge in [0.1, 0.15) is 0 Å². The van der Waals surface area contributed by atoms with Crippen molar-refractivity contribution in [3.8, 4) is 0 Å². The van der Waals surface area contributed by atoms with Crippen LogP contribution in [0.25, 0.3) is 0 Å². The largest absolute Gasteiger partial charge is 0.374 e. The fourth-order valence-electron chi connectivity index (χ4n) is 1.41. The summed E-state index contributed by atoms with van der Waals surface area (Å²) in [6.07, 6.45) is 6.56. The van der Waals surface area contributed by atoms with E-state index in [-0.39, 0.29) is 0 Å². The van der Waals surface area contributed by atoms with Crippen molar-refractivity contribution in [1.82, 2.24) is 4.67 Å². The molecular formula is C10H18NOP. The fourth-order valence-corrected chi connectivity index (χ4v) is 1.92. The molecule has 3 heteroatoms. The molecule has 1 heterocycles. The maximum absolute atomic E-state index is 5.69. The van der Waals surface area contributed by atoms with Crippen molar-refractivity contribution in [2.24, 2.45) is 0 Å². The molecule has 13 heavy (non-hydrogen) atoms. The van der Waals surface area contributed by atoms with Crippen molar-refractivity contribution in [3.05, 3.63) is 12.2 Å². The smallest absolute Gasteiger partial charge is 0.0675 e. The zero-order chi connectivity index (χ0) is 9.68. The van der Waals surface area contributed by atoms with Crippen LogP contribution in [0.2, 0.25) is 0 Å². The van der Waals surface area contributed by atoms with E-state index < -0.39 is 0 Å². The van der Waals surface area contributed by atoms with Gasteiger partial charge in [0.25, 0.3) is 0 Å². The van der Waals surface area contributed by atoms with E-state index in [9.17, 15) is 0 Å². The third kappa shape index (κ3) is 4.04. The van der Waals surface area contributed by atoms with Crippen LogP contribution in [-0.4, -0.2) is 36.8 Å². The molecule has 1 saturated heterocycles. The average molecular weight is 199 g/mol. The quantitative estimate of drug-likeness (QED) is 0.509. The van der Waals surface area contributed by atoms with Crippen molar-refractivity contribution in [2.75, 3.05) is 19.7 Å². The molecule has 74 valence electrons. The minimum absolute atomic E-state index is 0.440.